The van der Waals surface area contributed by atoms with Gasteiger partial charge in [-0.25, -0.2) is 17.5 Å². The Kier molecular flexibility index (Phi) is 3.89. The van der Waals surface area contributed by atoms with E-state index >= 15 is 0 Å². The van der Waals surface area contributed by atoms with Crippen molar-refractivity contribution in [2.75, 3.05) is 14.1 Å². The number of carboxylic acid groups (broad SMARTS) is 1. The molecule has 25 heavy (non-hydrogen) atoms. The van der Waals surface area contributed by atoms with Crippen LogP contribution in [0.2, 0.25) is 0 Å². The van der Waals surface area contributed by atoms with Gasteiger partial charge in [-0.3, -0.25) is 4.79 Å². The minimum absolute atomic E-state index is 0.0245. The molecular weight excluding hydrogens is 346 g/mol. The van der Waals surface area contributed by atoms with Crippen LogP contribution in [0.15, 0.2) is 44.4 Å². The zero-order chi connectivity index (χ0) is 18.5. The number of carbonyl (C=O) groups is 1. The first-order valence-corrected chi connectivity index (χ1v) is 8.74. The highest BCUT2D eigenvalue weighted by Crippen LogP contribution is 2.26. The third-order valence-corrected chi connectivity index (χ3v) is 5.75. The van der Waals surface area contributed by atoms with Gasteiger partial charge in [0.2, 0.25) is 15.5 Å². The van der Waals surface area contributed by atoms with Crippen LogP contribution in [0.4, 0.5) is 0 Å². The lowest BCUT2D eigenvalue weighted by atomic mass is 10.1. The van der Waals surface area contributed by atoms with Gasteiger partial charge >= 0.3 is 5.97 Å². The summed E-state index contributed by atoms with van der Waals surface area (Å²) in [6.45, 7) is 1.65. The SMILES string of the molecule is Cc1cc(S(=O)(=O)N(C)C)cc2c(=O)c3cc(C(=O)O)ccc3oc12. The maximum absolute atomic E-state index is 12.8. The van der Waals surface area contributed by atoms with Gasteiger partial charge in [-0.05, 0) is 42.8 Å². The number of hydrogen-bond acceptors (Lipinski definition) is 5. The Morgan fingerprint density at radius 3 is 2.40 bits per heavy atom. The normalized spacial score (nSPS) is 12.2. The van der Waals surface area contributed by atoms with Gasteiger partial charge in [-0.1, -0.05) is 0 Å². The largest absolute Gasteiger partial charge is 0.478 e. The molecule has 8 heteroatoms. The highest BCUT2D eigenvalue weighted by Gasteiger charge is 2.21. The highest BCUT2D eigenvalue weighted by atomic mass is 32.2. The molecule has 0 aliphatic heterocycles. The van der Waals surface area contributed by atoms with E-state index < -0.39 is 21.4 Å². The van der Waals surface area contributed by atoms with E-state index in [1.165, 1.54) is 44.4 Å². The number of sulfonamides is 1. The van der Waals surface area contributed by atoms with Crippen LogP contribution in [0.3, 0.4) is 0 Å². The van der Waals surface area contributed by atoms with Gasteiger partial charge in [0.25, 0.3) is 0 Å². The maximum atomic E-state index is 12.8. The predicted octanol–water partition coefficient (Wildman–Crippen LogP) is 2.20. The molecule has 0 unspecified atom stereocenters. The minimum atomic E-state index is -3.72. The van der Waals surface area contributed by atoms with Gasteiger partial charge in [0, 0.05) is 14.1 Å². The lowest BCUT2D eigenvalue weighted by molar-refractivity contribution is 0.0697. The summed E-state index contributed by atoms with van der Waals surface area (Å²) >= 11 is 0. The molecule has 1 heterocycles. The molecule has 0 fully saturated rings. The minimum Gasteiger partial charge on any atom is -0.478 e. The Bertz CT molecular complexity index is 1190. The molecule has 130 valence electrons. The molecular formula is C17H15NO6S. The van der Waals surface area contributed by atoms with Crippen LogP contribution in [0, 0.1) is 6.92 Å². The number of aryl methyl sites for hydroxylation is 1. The Hall–Kier alpha value is -2.71. The van der Waals surface area contributed by atoms with Gasteiger partial charge in [0.1, 0.15) is 11.2 Å². The summed E-state index contributed by atoms with van der Waals surface area (Å²) < 4.78 is 31.5. The fourth-order valence-corrected chi connectivity index (χ4v) is 3.60. The third kappa shape index (κ3) is 2.69. The van der Waals surface area contributed by atoms with Crippen LogP contribution in [0.1, 0.15) is 15.9 Å². The quantitative estimate of drug-likeness (QED) is 0.717. The highest BCUT2D eigenvalue weighted by molar-refractivity contribution is 7.89. The van der Waals surface area contributed by atoms with Crippen molar-refractivity contribution in [1.29, 1.82) is 0 Å². The summed E-state index contributed by atoms with van der Waals surface area (Å²) in [5.74, 6) is -1.17. The first-order valence-electron chi connectivity index (χ1n) is 7.30. The van der Waals surface area contributed by atoms with Gasteiger partial charge in [-0.2, -0.15) is 0 Å². The fraction of sp³-hybridized carbons (Fsp3) is 0.176. The summed E-state index contributed by atoms with van der Waals surface area (Å²) in [6.07, 6.45) is 0. The molecule has 0 spiro atoms. The van der Waals surface area contributed by atoms with Crippen molar-refractivity contribution in [3.63, 3.8) is 0 Å². The van der Waals surface area contributed by atoms with E-state index in [1.807, 2.05) is 0 Å². The maximum Gasteiger partial charge on any atom is 0.335 e. The second kappa shape index (κ2) is 5.68. The van der Waals surface area contributed by atoms with Crippen LogP contribution in [-0.4, -0.2) is 37.9 Å². The molecule has 3 rings (SSSR count). The van der Waals surface area contributed by atoms with E-state index in [0.29, 0.717) is 5.56 Å². The van der Waals surface area contributed by atoms with E-state index in [-0.39, 0.29) is 32.4 Å². The number of carboxylic acids is 1. The van der Waals surface area contributed by atoms with Gasteiger partial charge in [0.05, 0.1) is 21.2 Å². The molecule has 0 bridgehead atoms. The number of aromatic carboxylic acids is 1. The van der Waals surface area contributed by atoms with Gasteiger partial charge in [0.15, 0.2) is 0 Å². The van der Waals surface area contributed by atoms with Crippen molar-refractivity contribution in [2.24, 2.45) is 0 Å². The molecule has 0 saturated carbocycles. The van der Waals surface area contributed by atoms with Crippen LogP contribution >= 0.6 is 0 Å². The second-order valence-corrected chi connectivity index (χ2v) is 8.00. The molecule has 0 amide bonds. The molecule has 1 aromatic heterocycles. The first-order chi connectivity index (χ1) is 11.6. The third-order valence-electron chi connectivity index (χ3n) is 3.95. The predicted molar refractivity (Wildman–Crippen MR) is 92.6 cm³/mol. The van der Waals surface area contributed by atoms with E-state index in [1.54, 1.807) is 6.92 Å². The second-order valence-electron chi connectivity index (χ2n) is 5.85. The molecule has 2 aromatic carbocycles. The smallest absolute Gasteiger partial charge is 0.335 e. The standard InChI is InChI=1S/C17H15NO6S/c1-9-6-11(25(22,23)18(2)3)8-13-15(19)12-7-10(17(20)21)4-5-14(12)24-16(9)13/h4-8H,1-3H3,(H,20,21). The molecule has 0 radical (unpaired) electrons. The summed E-state index contributed by atoms with van der Waals surface area (Å²) in [6, 6.07) is 6.70. The molecule has 7 nitrogen and oxygen atoms in total. The number of benzene rings is 2. The zero-order valence-electron chi connectivity index (χ0n) is 13.7. The number of nitrogens with zero attached hydrogens (tertiary/aromatic N) is 1. The monoisotopic (exact) mass is 361 g/mol. The van der Waals surface area contributed by atoms with Crippen LogP contribution < -0.4 is 5.43 Å². The van der Waals surface area contributed by atoms with Gasteiger partial charge in [-0.15, -0.1) is 0 Å². The van der Waals surface area contributed by atoms with Crippen molar-refractivity contribution in [3.8, 4) is 0 Å². The van der Waals surface area contributed by atoms with Crippen LogP contribution in [0.25, 0.3) is 21.9 Å². The van der Waals surface area contributed by atoms with E-state index in [0.717, 1.165) is 4.31 Å². The molecule has 0 aliphatic rings. The number of fused-ring (bicyclic) bond motifs is 2. The molecule has 1 N–H and O–H groups in total. The van der Waals surface area contributed by atoms with Crippen molar-refractivity contribution in [3.05, 3.63) is 51.7 Å². The van der Waals surface area contributed by atoms with E-state index in [4.69, 9.17) is 9.52 Å². The summed E-state index contributed by atoms with van der Waals surface area (Å²) in [7, 11) is -0.924. The Labute approximate surface area is 143 Å². The summed E-state index contributed by atoms with van der Waals surface area (Å²) in [4.78, 5) is 23.9. The molecule has 3 aromatic rings. The molecule has 0 atom stereocenters. The Morgan fingerprint density at radius 1 is 1.12 bits per heavy atom. The average Bonchev–Trinajstić information content (AvgIpc) is 2.55. The molecule has 0 saturated heterocycles. The molecule has 0 aliphatic carbocycles. The van der Waals surface area contributed by atoms with Crippen molar-refractivity contribution < 1.29 is 22.7 Å². The zero-order valence-corrected chi connectivity index (χ0v) is 14.5. The number of hydrogen-bond donors (Lipinski definition) is 1. The van der Waals surface area contributed by atoms with E-state index in [2.05, 4.69) is 0 Å². The van der Waals surface area contributed by atoms with Crippen LogP contribution in [-0.2, 0) is 10.0 Å². The van der Waals surface area contributed by atoms with Crippen molar-refractivity contribution >= 4 is 37.9 Å². The lowest BCUT2D eigenvalue weighted by Gasteiger charge is -2.13. The number of rotatable bonds is 3. The van der Waals surface area contributed by atoms with E-state index in [9.17, 15) is 18.0 Å². The van der Waals surface area contributed by atoms with Crippen LogP contribution in [0.5, 0.6) is 0 Å². The summed E-state index contributed by atoms with van der Waals surface area (Å²) in [5, 5.41) is 9.27. The lowest BCUT2D eigenvalue weighted by Crippen LogP contribution is -2.22. The topological polar surface area (TPSA) is 105 Å². The first kappa shape index (κ1) is 17.1. The fourth-order valence-electron chi connectivity index (χ4n) is 2.59. The Balaban J connectivity index is 2.44. The average molecular weight is 361 g/mol. The summed E-state index contributed by atoms with van der Waals surface area (Å²) in [5.41, 5.74) is 0.498. The van der Waals surface area contributed by atoms with Crippen molar-refractivity contribution in [2.45, 2.75) is 11.8 Å². The Morgan fingerprint density at radius 2 is 1.80 bits per heavy atom. The van der Waals surface area contributed by atoms with Gasteiger partial charge < -0.3 is 9.52 Å². The van der Waals surface area contributed by atoms with Crippen molar-refractivity contribution in [1.82, 2.24) is 4.31 Å².